The summed E-state index contributed by atoms with van der Waals surface area (Å²) in [6, 6.07) is 5.78. The molecule has 0 aliphatic carbocycles. The second-order valence-electron chi connectivity index (χ2n) is 3.66. The molecule has 1 aromatic carbocycles. The van der Waals surface area contributed by atoms with Crippen LogP contribution in [-0.4, -0.2) is 11.8 Å². The van der Waals surface area contributed by atoms with Crippen LogP contribution in [0.25, 0.3) is 0 Å². The highest BCUT2D eigenvalue weighted by atomic mass is 79.9. The van der Waals surface area contributed by atoms with Gasteiger partial charge in [0.15, 0.2) is 0 Å². The summed E-state index contributed by atoms with van der Waals surface area (Å²) in [7, 11) is 0. The molecule has 0 aromatic heterocycles. The standard InChI is InChI=1S/C12H15BrClNO/c1-9-5-6-10(8-11(9)13)15-12(16)4-2-3-7-14/h5-6,8H,2-4,7H2,1H3,(H,15,16). The van der Waals surface area contributed by atoms with Gasteiger partial charge in [0, 0.05) is 22.5 Å². The lowest BCUT2D eigenvalue weighted by Gasteiger charge is -2.06. The van der Waals surface area contributed by atoms with Crippen LogP contribution in [0.1, 0.15) is 24.8 Å². The zero-order valence-corrected chi connectivity index (χ0v) is 11.6. The molecule has 1 N–H and O–H groups in total. The van der Waals surface area contributed by atoms with Gasteiger partial charge in [0.25, 0.3) is 0 Å². The lowest BCUT2D eigenvalue weighted by Crippen LogP contribution is -2.11. The van der Waals surface area contributed by atoms with Gasteiger partial charge in [0.1, 0.15) is 0 Å². The molecule has 0 fully saturated rings. The summed E-state index contributed by atoms with van der Waals surface area (Å²) in [6.07, 6.45) is 2.24. The minimum absolute atomic E-state index is 0.0425. The maximum absolute atomic E-state index is 11.5. The number of hydrogen-bond acceptors (Lipinski definition) is 1. The van der Waals surface area contributed by atoms with Crippen LogP contribution in [0.4, 0.5) is 5.69 Å². The van der Waals surface area contributed by atoms with Gasteiger partial charge in [-0.3, -0.25) is 4.79 Å². The minimum Gasteiger partial charge on any atom is -0.326 e. The Morgan fingerprint density at radius 1 is 1.44 bits per heavy atom. The first-order valence-electron chi connectivity index (χ1n) is 5.25. The van der Waals surface area contributed by atoms with Crippen molar-refractivity contribution in [1.82, 2.24) is 0 Å². The molecule has 0 aliphatic heterocycles. The molecule has 0 heterocycles. The van der Waals surface area contributed by atoms with E-state index in [9.17, 15) is 4.79 Å². The van der Waals surface area contributed by atoms with Gasteiger partial charge in [-0.25, -0.2) is 0 Å². The lowest BCUT2D eigenvalue weighted by molar-refractivity contribution is -0.116. The van der Waals surface area contributed by atoms with E-state index in [2.05, 4.69) is 21.2 Å². The van der Waals surface area contributed by atoms with Gasteiger partial charge < -0.3 is 5.32 Å². The van der Waals surface area contributed by atoms with Crippen LogP contribution in [0.2, 0.25) is 0 Å². The Morgan fingerprint density at radius 2 is 2.19 bits per heavy atom. The van der Waals surface area contributed by atoms with E-state index in [0.717, 1.165) is 28.6 Å². The van der Waals surface area contributed by atoms with Gasteiger partial charge in [0.05, 0.1) is 0 Å². The number of alkyl halides is 1. The molecule has 0 aliphatic rings. The van der Waals surface area contributed by atoms with Gasteiger partial charge in [-0.15, -0.1) is 11.6 Å². The topological polar surface area (TPSA) is 29.1 Å². The number of anilines is 1. The number of rotatable bonds is 5. The first-order valence-corrected chi connectivity index (χ1v) is 6.58. The SMILES string of the molecule is Cc1ccc(NC(=O)CCCCCl)cc1Br. The van der Waals surface area contributed by atoms with Crippen molar-refractivity contribution in [2.24, 2.45) is 0 Å². The van der Waals surface area contributed by atoms with E-state index >= 15 is 0 Å². The summed E-state index contributed by atoms with van der Waals surface area (Å²) in [5.74, 6) is 0.657. The molecule has 4 heteroatoms. The van der Waals surface area contributed by atoms with Crippen molar-refractivity contribution in [3.05, 3.63) is 28.2 Å². The minimum atomic E-state index is 0.0425. The fraction of sp³-hybridized carbons (Fsp3) is 0.417. The molecule has 0 saturated carbocycles. The van der Waals surface area contributed by atoms with Crippen LogP contribution in [-0.2, 0) is 4.79 Å². The van der Waals surface area contributed by atoms with E-state index in [1.807, 2.05) is 25.1 Å². The highest BCUT2D eigenvalue weighted by molar-refractivity contribution is 9.10. The van der Waals surface area contributed by atoms with E-state index in [0.29, 0.717) is 12.3 Å². The van der Waals surface area contributed by atoms with Crippen LogP contribution < -0.4 is 5.32 Å². The van der Waals surface area contributed by atoms with Crippen LogP contribution in [0.15, 0.2) is 22.7 Å². The van der Waals surface area contributed by atoms with Crippen LogP contribution in [0.5, 0.6) is 0 Å². The molecule has 0 saturated heterocycles. The van der Waals surface area contributed by atoms with Crippen LogP contribution >= 0.6 is 27.5 Å². The molecule has 1 rings (SSSR count). The van der Waals surface area contributed by atoms with E-state index in [-0.39, 0.29) is 5.91 Å². The third-order valence-corrected chi connectivity index (χ3v) is 3.36. The molecule has 2 nitrogen and oxygen atoms in total. The largest absolute Gasteiger partial charge is 0.326 e. The third kappa shape index (κ3) is 4.54. The maximum atomic E-state index is 11.5. The molecule has 16 heavy (non-hydrogen) atoms. The van der Waals surface area contributed by atoms with Gasteiger partial charge in [-0.05, 0) is 37.5 Å². The number of benzene rings is 1. The number of nitrogens with one attached hydrogen (secondary N) is 1. The van der Waals surface area contributed by atoms with Gasteiger partial charge >= 0.3 is 0 Å². The zero-order chi connectivity index (χ0) is 12.0. The van der Waals surface area contributed by atoms with Crippen molar-refractivity contribution in [1.29, 1.82) is 0 Å². The van der Waals surface area contributed by atoms with E-state index < -0.39 is 0 Å². The van der Waals surface area contributed by atoms with Crippen molar-refractivity contribution in [3.8, 4) is 0 Å². The van der Waals surface area contributed by atoms with Gasteiger partial charge in [-0.2, -0.15) is 0 Å². The number of amides is 1. The molecule has 88 valence electrons. The lowest BCUT2D eigenvalue weighted by atomic mass is 10.2. The normalized spacial score (nSPS) is 10.2. The molecule has 0 atom stereocenters. The summed E-state index contributed by atoms with van der Waals surface area (Å²) >= 11 is 8.98. The predicted octanol–water partition coefficient (Wildman–Crippen LogP) is 4.11. The Hall–Kier alpha value is -0.540. The first-order chi connectivity index (χ1) is 7.63. The Morgan fingerprint density at radius 3 is 2.81 bits per heavy atom. The monoisotopic (exact) mass is 303 g/mol. The van der Waals surface area contributed by atoms with Crippen molar-refractivity contribution in [2.75, 3.05) is 11.2 Å². The van der Waals surface area contributed by atoms with Crippen molar-refractivity contribution < 1.29 is 4.79 Å². The summed E-state index contributed by atoms with van der Waals surface area (Å²) < 4.78 is 1.01. The number of aryl methyl sites for hydroxylation is 1. The number of carbonyl (C=O) groups excluding carboxylic acids is 1. The number of unbranched alkanes of at least 4 members (excludes halogenated alkanes) is 1. The van der Waals surface area contributed by atoms with E-state index in [1.54, 1.807) is 0 Å². The molecule has 0 bridgehead atoms. The van der Waals surface area contributed by atoms with Crippen molar-refractivity contribution in [3.63, 3.8) is 0 Å². The summed E-state index contributed by atoms with van der Waals surface area (Å²) in [4.78, 5) is 11.5. The smallest absolute Gasteiger partial charge is 0.224 e. The number of hydrogen-bond donors (Lipinski definition) is 1. The Balaban J connectivity index is 2.46. The fourth-order valence-corrected chi connectivity index (χ4v) is 1.84. The molecular formula is C12H15BrClNO. The van der Waals surface area contributed by atoms with Crippen molar-refractivity contribution in [2.45, 2.75) is 26.2 Å². The second kappa shape index (κ2) is 6.92. The quantitative estimate of drug-likeness (QED) is 0.644. The Bertz CT molecular complexity index is 368. The highest BCUT2D eigenvalue weighted by Gasteiger charge is 2.03. The molecular weight excluding hydrogens is 289 g/mol. The predicted molar refractivity (Wildman–Crippen MR) is 72.1 cm³/mol. The molecule has 0 radical (unpaired) electrons. The molecule has 1 amide bonds. The highest BCUT2D eigenvalue weighted by Crippen LogP contribution is 2.20. The average molecular weight is 305 g/mol. The molecule has 0 spiro atoms. The van der Waals surface area contributed by atoms with Gasteiger partial charge in [-0.1, -0.05) is 22.0 Å². The molecule has 1 aromatic rings. The Labute approximate surface area is 110 Å². The summed E-state index contributed by atoms with van der Waals surface area (Å²) in [6.45, 7) is 2.01. The third-order valence-electron chi connectivity index (χ3n) is 2.24. The van der Waals surface area contributed by atoms with Crippen LogP contribution in [0.3, 0.4) is 0 Å². The van der Waals surface area contributed by atoms with Crippen molar-refractivity contribution >= 4 is 39.1 Å². The number of carbonyl (C=O) groups is 1. The maximum Gasteiger partial charge on any atom is 0.224 e. The Kier molecular flexibility index (Phi) is 5.85. The first kappa shape index (κ1) is 13.5. The summed E-state index contributed by atoms with van der Waals surface area (Å²) in [5.41, 5.74) is 1.98. The number of halogens is 2. The van der Waals surface area contributed by atoms with E-state index in [4.69, 9.17) is 11.6 Å². The van der Waals surface area contributed by atoms with Gasteiger partial charge in [0.2, 0.25) is 5.91 Å². The zero-order valence-electron chi connectivity index (χ0n) is 9.22. The van der Waals surface area contributed by atoms with E-state index in [1.165, 1.54) is 0 Å². The fourth-order valence-electron chi connectivity index (χ4n) is 1.27. The average Bonchev–Trinajstić information content (AvgIpc) is 2.24. The summed E-state index contributed by atoms with van der Waals surface area (Å²) in [5, 5.41) is 2.86. The van der Waals surface area contributed by atoms with Crippen LogP contribution in [0, 0.1) is 6.92 Å². The second-order valence-corrected chi connectivity index (χ2v) is 4.89. The molecule has 0 unspecified atom stereocenters.